The molecule has 0 saturated carbocycles. The number of nitroso groups, excluding NO2 is 1. The summed E-state index contributed by atoms with van der Waals surface area (Å²) in [5.74, 6) is -2.50. The minimum atomic E-state index is -0.833. The van der Waals surface area contributed by atoms with Gasteiger partial charge in [0, 0.05) is 20.8 Å². The molecule has 9 heteroatoms. The first-order valence-corrected chi connectivity index (χ1v) is 4.31. The molecule has 0 bridgehead atoms. The van der Waals surface area contributed by atoms with Crippen LogP contribution in [-0.4, -0.2) is 49.7 Å². The summed E-state index contributed by atoms with van der Waals surface area (Å²) < 4.78 is 2.39. The van der Waals surface area contributed by atoms with E-state index in [0.29, 0.717) is 16.5 Å². The second-order valence-corrected chi connectivity index (χ2v) is 2.10. The molecule has 3 N–H and O–H groups in total. The van der Waals surface area contributed by atoms with Crippen molar-refractivity contribution in [3.63, 3.8) is 0 Å². The van der Waals surface area contributed by atoms with E-state index in [2.05, 4.69) is 4.16 Å². The predicted octanol–water partition coefficient (Wildman–Crippen LogP) is -0.426. The maximum Gasteiger partial charge on any atom is 0.463 e. The zero-order valence-electron chi connectivity index (χ0n) is 8.92. The van der Waals surface area contributed by atoms with Crippen LogP contribution in [0.25, 0.3) is 0 Å². The molecule has 0 aliphatic carbocycles. The van der Waals surface area contributed by atoms with E-state index in [1.165, 1.54) is 0 Å². The molecule has 15 heavy (non-hydrogen) atoms. The average Bonchev–Trinajstić information content (AvgIpc) is 1.81. The van der Waals surface area contributed by atoms with Crippen LogP contribution in [0.3, 0.4) is 0 Å². The number of rotatable bonds is 0. The summed E-state index contributed by atoms with van der Waals surface area (Å²) in [6.07, 6.45) is 0. The maximum absolute atomic E-state index is 9.00. The van der Waals surface area contributed by atoms with Crippen molar-refractivity contribution in [1.29, 1.82) is 0 Å². The lowest BCUT2D eigenvalue weighted by atomic mass is 10.9. The normalized spacial score (nSPS) is 5.80. The Labute approximate surface area is 94.5 Å². The Morgan fingerprint density at radius 2 is 0.867 bits per heavy atom. The van der Waals surface area contributed by atoms with Crippen molar-refractivity contribution in [3.05, 3.63) is 4.91 Å². The van der Waals surface area contributed by atoms with Crippen LogP contribution in [0.1, 0.15) is 20.8 Å². The summed E-state index contributed by atoms with van der Waals surface area (Å²) in [4.78, 5) is 35.6. The van der Waals surface area contributed by atoms with Gasteiger partial charge in [0.25, 0.3) is 17.9 Å². The molecular formula is C6H14AlNO7. The summed E-state index contributed by atoms with van der Waals surface area (Å²) in [5.41, 5.74) is 0. The molecule has 0 aromatic carbocycles. The van der Waals surface area contributed by atoms with Gasteiger partial charge in [0.1, 0.15) is 0 Å². The summed E-state index contributed by atoms with van der Waals surface area (Å²) in [5, 5.41) is 22.2. The molecular weight excluding hydrogens is 225 g/mol. The van der Waals surface area contributed by atoms with Crippen LogP contribution in [0.5, 0.6) is 0 Å². The van der Waals surface area contributed by atoms with Gasteiger partial charge in [-0.1, -0.05) is 0 Å². The van der Waals surface area contributed by atoms with E-state index in [-0.39, 0.29) is 0 Å². The highest BCUT2D eigenvalue weighted by Gasteiger charge is 1.66. The first-order chi connectivity index (χ1) is 6.61. The van der Waals surface area contributed by atoms with Crippen LogP contribution in [0.15, 0.2) is 4.16 Å². The molecule has 0 aliphatic rings. The lowest BCUT2D eigenvalue weighted by Gasteiger charge is -1.59. The zero-order chi connectivity index (χ0) is 13.4. The van der Waals surface area contributed by atoms with Gasteiger partial charge in [-0.15, -0.1) is 0 Å². The number of nitrogens with zero attached hydrogens (tertiary/aromatic N) is 1. The van der Waals surface area contributed by atoms with E-state index >= 15 is 0 Å². The summed E-state index contributed by atoms with van der Waals surface area (Å²) in [7, 11) is 0. The Kier molecular flexibility index (Phi) is 35.7. The smallest absolute Gasteiger partial charge is 0.463 e. The van der Waals surface area contributed by atoms with E-state index in [0.717, 1.165) is 20.8 Å². The number of carboxylic acids is 3. The molecule has 8 nitrogen and oxygen atoms in total. The molecule has 0 unspecified atom stereocenters. The predicted molar refractivity (Wildman–Crippen MR) is 54.3 cm³/mol. The van der Waals surface area contributed by atoms with Crippen LogP contribution in [0.2, 0.25) is 0 Å². The van der Waals surface area contributed by atoms with Gasteiger partial charge in [0.05, 0.1) is 0 Å². The number of hydrogen-bond acceptors (Lipinski definition) is 5. The number of carbonyl (C=O) groups is 3. The summed E-state index contributed by atoms with van der Waals surface area (Å²) in [6.45, 7) is 3.25. The Bertz CT molecular complexity index is 153. The van der Waals surface area contributed by atoms with E-state index in [9.17, 15) is 0 Å². The van der Waals surface area contributed by atoms with E-state index in [4.69, 9.17) is 34.6 Å². The minimum absolute atomic E-state index is 0.438. The molecule has 0 aliphatic heterocycles. The lowest BCUT2D eigenvalue weighted by Crippen LogP contribution is -1.78. The molecule has 0 aromatic rings. The fraction of sp³-hybridized carbons (Fsp3) is 0.500. The van der Waals surface area contributed by atoms with Crippen LogP contribution >= 0.6 is 0 Å². The highest BCUT2D eigenvalue weighted by molar-refractivity contribution is 6.05. The Hall–Kier alpha value is -1.46. The molecule has 88 valence electrons. The average molecular weight is 239 g/mol. The lowest BCUT2D eigenvalue weighted by molar-refractivity contribution is -0.135. The summed E-state index contributed by atoms with van der Waals surface area (Å²) in [6, 6.07) is 0. The van der Waals surface area contributed by atoms with Crippen LogP contribution in [-0.2, 0) is 14.4 Å². The molecule has 0 atom stereocenters. The Morgan fingerprint density at radius 1 is 0.867 bits per heavy atom. The van der Waals surface area contributed by atoms with Gasteiger partial charge in [-0.25, -0.2) is 4.16 Å². The van der Waals surface area contributed by atoms with E-state index in [1.807, 2.05) is 0 Å². The Balaban J connectivity index is -0.0000000542. The number of aliphatic carboxylic acids is 3. The first-order valence-electron chi connectivity index (χ1n) is 3.41. The molecule has 0 amide bonds. The molecule has 0 fully saturated rings. The van der Waals surface area contributed by atoms with Gasteiger partial charge in [0.15, 0.2) is 0 Å². The highest BCUT2D eigenvalue weighted by Crippen LogP contribution is 1.42. The quantitative estimate of drug-likeness (QED) is 0.384. The molecule has 0 spiro atoms. The highest BCUT2D eigenvalue weighted by atomic mass is 27.1. The van der Waals surface area contributed by atoms with Crippen molar-refractivity contribution < 1.29 is 29.7 Å². The van der Waals surface area contributed by atoms with Crippen molar-refractivity contribution in [2.75, 3.05) is 0 Å². The SMILES string of the molecule is CC(=O)O.CC(=O)O.CC(=O)O.O=[N][AlH2]. The van der Waals surface area contributed by atoms with Crippen LogP contribution in [0, 0.1) is 4.91 Å². The van der Waals surface area contributed by atoms with Crippen molar-refractivity contribution in [2.24, 2.45) is 4.16 Å². The number of carboxylic acid groups (broad SMARTS) is 3. The third-order valence-electron chi connectivity index (χ3n) is 0. The van der Waals surface area contributed by atoms with Gasteiger partial charge in [-0.05, 0) is 0 Å². The Morgan fingerprint density at radius 3 is 0.867 bits per heavy atom. The monoisotopic (exact) mass is 239 g/mol. The topological polar surface area (TPSA) is 141 Å². The minimum Gasteiger partial charge on any atom is -0.481 e. The molecule has 0 radical (unpaired) electrons. The van der Waals surface area contributed by atoms with Gasteiger partial charge in [0.2, 0.25) is 0 Å². The van der Waals surface area contributed by atoms with Gasteiger partial charge < -0.3 is 15.3 Å². The fourth-order valence-corrected chi connectivity index (χ4v) is 0. The third-order valence-corrected chi connectivity index (χ3v) is 0. The van der Waals surface area contributed by atoms with Gasteiger partial charge >= 0.3 is 16.5 Å². The van der Waals surface area contributed by atoms with Crippen molar-refractivity contribution >= 4 is 34.4 Å². The molecule has 0 aromatic heterocycles. The number of hydrogen-bond donors (Lipinski definition) is 3. The largest absolute Gasteiger partial charge is 0.481 e. The second kappa shape index (κ2) is 22.9. The van der Waals surface area contributed by atoms with Crippen LogP contribution in [0.4, 0.5) is 0 Å². The van der Waals surface area contributed by atoms with Gasteiger partial charge in [-0.2, -0.15) is 4.91 Å². The van der Waals surface area contributed by atoms with Crippen LogP contribution < -0.4 is 0 Å². The van der Waals surface area contributed by atoms with E-state index in [1.54, 1.807) is 0 Å². The molecule has 0 rings (SSSR count). The molecule has 0 saturated heterocycles. The molecule has 0 heterocycles. The zero-order valence-corrected chi connectivity index (χ0v) is 10.9. The van der Waals surface area contributed by atoms with Gasteiger partial charge in [-0.3, -0.25) is 14.4 Å². The van der Waals surface area contributed by atoms with Crippen molar-refractivity contribution in [2.45, 2.75) is 20.8 Å². The standard InChI is InChI=1S/3C2H4O2.Al.NO.2H/c3*1-2(3)4;;1-2;;/h3*1H3,(H,3,4);;;;/q;;;+1;-1;;. The third kappa shape index (κ3) is 656. The summed E-state index contributed by atoms with van der Waals surface area (Å²) >= 11 is 0.438. The van der Waals surface area contributed by atoms with Crippen molar-refractivity contribution in [3.8, 4) is 0 Å². The first kappa shape index (κ1) is 23.4. The fourth-order valence-electron chi connectivity index (χ4n) is 0. The van der Waals surface area contributed by atoms with E-state index < -0.39 is 17.9 Å². The maximum atomic E-state index is 9.00. The van der Waals surface area contributed by atoms with Crippen molar-refractivity contribution in [1.82, 2.24) is 0 Å². The second-order valence-electron chi connectivity index (χ2n) is 1.74.